The largest absolute Gasteiger partial charge is 0.492 e. The van der Waals surface area contributed by atoms with Crippen LogP contribution in [0.1, 0.15) is 31.6 Å². The Kier molecular flexibility index (Phi) is 4.32. The molecule has 3 rings (SSSR count). The maximum absolute atomic E-state index is 5.93. The third kappa shape index (κ3) is 3.21. The Morgan fingerprint density at radius 3 is 2.87 bits per heavy atom. The summed E-state index contributed by atoms with van der Waals surface area (Å²) in [6.45, 7) is 2.70. The van der Waals surface area contributed by atoms with Gasteiger partial charge < -0.3 is 20.9 Å². The topological polar surface area (TPSA) is 96.3 Å². The van der Waals surface area contributed by atoms with Crippen LogP contribution in [0.2, 0.25) is 0 Å². The summed E-state index contributed by atoms with van der Waals surface area (Å²) in [6.07, 6.45) is 6.95. The van der Waals surface area contributed by atoms with Crippen LogP contribution in [0.25, 0.3) is 11.1 Å². The molecule has 0 aromatic carbocycles. The third-order valence-corrected chi connectivity index (χ3v) is 3.61. The second kappa shape index (κ2) is 6.56. The lowest BCUT2D eigenvalue weighted by atomic mass is 10.0. The van der Waals surface area contributed by atoms with Crippen LogP contribution in [0.15, 0.2) is 36.7 Å². The summed E-state index contributed by atoms with van der Waals surface area (Å²) in [5.74, 6) is 0.919. The Morgan fingerprint density at radius 2 is 2.22 bits per heavy atom. The number of nitrogens with zero attached hydrogens (tertiary/aromatic N) is 2. The van der Waals surface area contributed by atoms with Crippen molar-refractivity contribution in [2.24, 2.45) is 0 Å². The minimum atomic E-state index is -0.149. The Morgan fingerprint density at radius 1 is 1.35 bits per heavy atom. The van der Waals surface area contributed by atoms with Crippen LogP contribution in [0.4, 0.5) is 11.5 Å². The maximum Gasteiger partial charge on any atom is 0.213 e. The number of nitrogen functional groups attached to an aromatic ring is 2. The van der Waals surface area contributed by atoms with Gasteiger partial charge in [0.2, 0.25) is 5.88 Å². The maximum atomic E-state index is 5.93. The lowest BCUT2D eigenvalue weighted by Gasteiger charge is -2.16. The fourth-order valence-electron chi connectivity index (χ4n) is 2.43. The molecule has 0 fully saturated rings. The van der Waals surface area contributed by atoms with Crippen LogP contribution >= 0.6 is 0 Å². The van der Waals surface area contributed by atoms with E-state index in [0.717, 1.165) is 29.7 Å². The van der Waals surface area contributed by atoms with Gasteiger partial charge in [-0.3, -0.25) is 0 Å². The number of ether oxygens (including phenoxy) is 2. The van der Waals surface area contributed by atoms with Crippen LogP contribution in [0.5, 0.6) is 5.88 Å². The van der Waals surface area contributed by atoms with Crippen molar-refractivity contribution in [1.29, 1.82) is 0 Å². The molecule has 120 valence electrons. The molecule has 0 spiro atoms. The van der Waals surface area contributed by atoms with E-state index >= 15 is 0 Å². The molecule has 0 bridgehead atoms. The van der Waals surface area contributed by atoms with E-state index in [1.807, 2.05) is 24.3 Å². The van der Waals surface area contributed by atoms with Crippen LogP contribution in [0, 0.1) is 0 Å². The first-order valence-electron chi connectivity index (χ1n) is 7.64. The molecule has 0 radical (unpaired) electrons. The minimum absolute atomic E-state index is 0.149. The van der Waals surface area contributed by atoms with Gasteiger partial charge in [-0.15, -0.1) is 0 Å². The minimum Gasteiger partial charge on any atom is -0.492 e. The zero-order valence-electron chi connectivity index (χ0n) is 13.0. The van der Waals surface area contributed by atoms with Gasteiger partial charge in [-0.25, -0.2) is 9.97 Å². The summed E-state index contributed by atoms with van der Waals surface area (Å²) in [7, 11) is 0. The highest BCUT2D eigenvalue weighted by molar-refractivity contribution is 5.74. The Bertz CT molecular complexity index is 705. The van der Waals surface area contributed by atoms with Gasteiger partial charge in [0.05, 0.1) is 24.3 Å². The normalized spacial score (nSPS) is 16.3. The fraction of sp³-hybridized carbons (Fsp3) is 0.294. The monoisotopic (exact) mass is 312 g/mol. The molecular formula is C17H20N4O2. The van der Waals surface area contributed by atoms with E-state index in [4.69, 9.17) is 20.9 Å². The van der Waals surface area contributed by atoms with Crippen molar-refractivity contribution in [2.45, 2.75) is 25.9 Å². The molecule has 2 aromatic heterocycles. The van der Waals surface area contributed by atoms with Gasteiger partial charge in [-0.05, 0) is 24.6 Å². The average Bonchev–Trinajstić information content (AvgIpc) is 3.10. The summed E-state index contributed by atoms with van der Waals surface area (Å²) >= 11 is 0. The average molecular weight is 312 g/mol. The number of nitrogens with two attached hydrogens (primary N) is 2. The van der Waals surface area contributed by atoms with Crippen molar-refractivity contribution < 1.29 is 9.47 Å². The van der Waals surface area contributed by atoms with Gasteiger partial charge >= 0.3 is 0 Å². The summed E-state index contributed by atoms with van der Waals surface area (Å²) < 4.78 is 11.1. The first kappa shape index (κ1) is 15.1. The smallest absolute Gasteiger partial charge is 0.213 e. The van der Waals surface area contributed by atoms with E-state index in [2.05, 4.69) is 16.9 Å². The number of pyridine rings is 2. The molecule has 3 heterocycles. The molecule has 23 heavy (non-hydrogen) atoms. The van der Waals surface area contributed by atoms with E-state index in [1.165, 1.54) is 0 Å². The molecule has 1 atom stereocenters. The van der Waals surface area contributed by atoms with Crippen LogP contribution < -0.4 is 16.2 Å². The van der Waals surface area contributed by atoms with Gasteiger partial charge in [0.25, 0.3) is 0 Å². The van der Waals surface area contributed by atoms with Crippen molar-refractivity contribution in [3.63, 3.8) is 0 Å². The highest BCUT2D eigenvalue weighted by Crippen LogP contribution is 2.36. The summed E-state index contributed by atoms with van der Waals surface area (Å²) in [5.41, 5.74) is 14.8. The van der Waals surface area contributed by atoms with Gasteiger partial charge in [-0.2, -0.15) is 0 Å². The van der Waals surface area contributed by atoms with Gasteiger partial charge in [0.1, 0.15) is 11.9 Å². The molecule has 6 nitrogen and oxygen atoms in total. The van der Waals surface area contributed by atoms with Crippen molar-refractivity contribution >= 4 is 11.5 Å². The Labute approximate surface area is 135 Å². The predicted octanol–water partition coefficient (Wildman–Crippen LogP) is 3.07. The highest BCUT2D eigenvalue weighted by Gasteiger charge is 2.22. The van der Waals surface area contributed by atoms with E-state index in [9.17, 15) is 0 Å². The standard InChI is InChI=1S/C17H20N4O2/c1-2-7-23-15-6-5-11(10-20-15)12-9-13(18)17(19)21-16(12)14-4-3-8-22-14/h3,5-6,8-10,14H,2,4,7,18H2,1H3,(H2,19,21). The van der Waals surface area contributed by atoms with Gasteiger partial charge in [0.15, 0.2) is 0 Å². The first-order chi connectivity index (χ1) is 11.2. The fourth-order valence-corrected chi connectivity index (χ4v) is 2.43. The zero-order valence-corrected chi connectivity index (χ0v) is 13.0. The molecule has 0 amide bonds. The number of hydrogen-bond acceptors (Lipinski definition) is 6. The Balaban J connectivity index is 1.95. The van der Waals surface area contributed by atoms with E-state index in [0.29, 0.717) is 24.0 Å². The predicted molar refractivity (Wildman–Crippen MR) is 89.7 cm³/mol. The molecule has 2 aromatic rings. The highest BCUT2D eigenvalue weighted by atomic mass is 16.5. The van der Waals surface area contributed by atoms with E-state index < -0.39 is 0 Å². The van der Waals surface area contributed by atoms with Crippen molar-refractivity contribution in [3.05, 3.63) is 42.4 Å². The van der Waals surface area contributed by atoms with E-state index in [1.54, 1.807) is 12.5 Å². The summed E-state index contributed by atoms with van der Waals surface area (Å²) in [5, 5.41) is 0. The zero-order chi connectivity index (χ0) is 16.2. The quantitative estimate of drug-likeness (QED) is 0.880. The number of hydrogen-bond donors (Lipinski definition) is 2. The molecule has 6 heteroatoms. The molecule has 0 aliphatic carbocycles. The second-order valence-corrected chi connectivity index (χ2v) is 5.36. The molecular weight excluding hydrogens is 292 g/mol. The number of anilines is 2. The first-order valence-corrected chi connectivity index (χ1v) is 7.64. The van der Waals surface area contributed by atoms with Gasteiger partial charge in [-0.1, -0.05) is 6.92 Å². The van der Waals surface area contributed by atoms with Crippen LogP contribution in [-0.4, -0.2) is 16.6 Å². The molecule has 1 aliphatic heterocycles. The molecule has 4 N–H and O–H groups in total. The summed E-state index contributed by atoms with van der Waals surface area (Å²) in [4.78, 5) is 8.77. The number of rotatable bonds is 5. The molecule has 0 saturated carbocycles. The SMILES string of the molecule is CCCOc1ccc(-c2cc(N)c(N)nc2C2CC=CO2)cn1. The summed E-state index contributed by atoms with van der Waals surface area (Å²) in [6, 6.07) is 5.61. The van der Waals surface area contributed by atoms with Crippen molar-refractivity contribution in [3.8, 4) is 17.0 Å². The third-order valence-electron chi connectivity index (χ3n) is 3.61. The Hall–Kier alpha value is -2.76. The number of aromatic nitrogens is 2. The molecule has 1 unspecified atom stereocenters. The van der Waals surface area contributed by atoms with Gasteiger partial charge in [0, 0.05) is 29.8 Å². The molecule has 1 aliphatic rings. The lowest BCUT2D eigenvalue weighted by Crippen LogP contribution is -2.07. The van der Waals surface area contributed by atoms with Crippen LogP contribution in [0.3, 0.4) is 0 Å². The lowest BCUT2D eigenvalue weighted by molar-refractivity contribution is 0.170. The van der Waals surface area contributed by atoms with Crippen LogP contribution in [-0.2, 0) is 4.74 Å². The second-order valence-electron chi connectivity index (χ2n) is 5.36. The van der Waals surface area contributed by atoms with Crippen molar-refractivity contribution in [1.82, 2.24) is 9.97 Å². The molecule has 0 saturated heterocycles. The van der Waals surface area contributed by atoms with E-state index in [-0.39, 0.29) is 6.10 Å². The van der Waals surface area contributed by atoms with Crippen molar-refractivity contribution in [2.75, 3.05) is 18.1 Å².